The lowest BCUT2D eigenvalue weighted by atomic mass is 10.1. The van der Waals surface area contributed by atoms with E-state index >= 15 is 0 Å². The quantitative estimate of drug-likeness (QED) is 0.761. The van der Waals surface area contributed by atoms with Crippen LogP contribution in [0.25, 0.3) is 0 Å². The zero-order valence-electron chi connectivity index (χ0n) is 10.5. The summed E-state index contributed by atoms with van der Waals surface area (Å²) in [6.07, 6.45) is 3.23. The number of carboxylic acids is 1. The fraction of sp³-hybridized carbons (Fsp3) is 0.538. The Morgan fingerprint density at radius 1 is 1.50 bits per heavy atom. The Kier molecular flexibility index (Phi) is 6.43. The summed E-state index contributed by atoms with van der Waals surface area (Å²) in [6.45, 7) is 1.90. The van der Waals surface area contributed by atoms with E-state index in [2.05, 4.69) is 5.32 Å². The van der Waals surface area contributed by atoms with Crippen molar-refractivity contribution in [1.29, 1.82) is 0 Å². The number of thiophene rings is 1. The average Bonchev–Trinajstić information content (AvgIpc) is 2.81. The van der Waals surface area contributed by atoms with Crippen molar-refractivity contribution in [2.75, 3.05) is 0 Å². The van der Waals surface area contributed by atoms with Gasteiger partial charge < -0.3 is 10.4 Å². The molecule has 1 unspecified atom stereocenters. The van der Waals surface area contributed by atoms with Crippen LogP contribution in [0.2, 0.25) is 0 Å². The summed E-state index contributed by atoms with van der Waals surface area (Å²) in [6, 6.07) is 3.28. The number of hydrogen-bond donors (Lipinski definition) is 2. The molecule has 1 aromatic rings. The number of carbonyl (C=O) groups is 2. The molecule has 18 heavy (non-hydrogen) atoms. The highest BCUT2D eigenvalue weighted by Crippen LogP contribution is 2.11. The molecule has 0 fully saturated rings. The van der Waals surface area contributed by atoms with Gasteiger partial charge in [-0.2, -0.15) is 0 Å². The van der Waals surface area contributed by atoms with Gasteiger partial charge in [-0.05, 0) is 30.7 Å². The van der Waals surface area contributed by atoms with Crippen LogP contribution in [-0.4, -0.2) is 23.0 Å². The molecular formula is C13H19NO3S. The number of aryl methyl sites for hydroxylation is 1. The molecule has 0 saturated heterocycles. The summed E-state index contributed by atoms with van der Waals surface area (Å²) in [5.41, 5.74) is 0. The standard InChI is InChI=1S/C13H19NO3S/c1-2-5-11(13(16)17)14-12(15)8-3-6-10-7-4-9-18-10/h4,7,9,11H,2-3,5-6,8H2,1H3,(H,14,15)(H,16,17). The minimum Gasteiger partial charge on any atom is -0.480 e. The third-order valence-corrected chi connectivity index (χ3v) is 3.55. The molecular weight excluding hydrogens is 250 g/mol. The first-order valence-corrected chi connectivity index (χ1v) is 7.06. The summed E-state index contributed by atoms with van der Waals surface area (Å²) in [7, 11) is 0. The summed E-state index contributed by atoms with van der Waals surface area (Å²) in [4.78, 5) is 23.7. The highest BCUT2D eigenvalue weighted by Gasteiger charge is 2.18. The lowest BCUT2D eigenvalue weighted by molar-refractivity contribution is -0.142. The van der Waals surface area contributed by atoms with Crippen LogP contribution in [0.3, 0.4) is 0 Å². The topological polar surface area (TPSA) is 66.4 Å². The van der Waals surface area contributed by atoms with E-state index in [4.69, 9.17) is 5.11 Å². The van der Waals surface area contributed by atoms with Crippen molar-refractivity contribution >= 4 is 23.2 Å². The van der Waals surface area contributed by atoms with E-state index < -0.39 is 12.0 Å². The number of hydrogen-bond acceptors (Lipinski definition) is 3. The summed E-state index contributed by atoms with van der Waals surface area (Å²) in [5.74, 6) is -1.13. The second-order valence-electron chi connectivity index (χ2n) is 4.18. The van der Waals surface area contributed by atoms with E-state index in [1.807, 2.05) is 24.4 Å². The van der Waals surface area contributed by atoms with Gasteiger partial charge in [0.15, 0.2) is 0 Å². The van der Waals surface area contributed by atoms with Gasteiger partial charge in [-0.25, -0.2) is 4.79 Å². The lowest BCUT2D eigenvalue weighted by Gasteiger charge is -2.13. The van der Waals surface area contributed by atoms with Crippen LogP contribution in [-0.2, 0) is 16.0 Å². The molecule has 1 aromatic heterocycles. The van der Waals surface area contributed by atoms with Crippen molar-refractivity contribution < 1.29 is 14.7 Å². The Hall–Kier alpha value is -1.36. The van der Waals surface area contributed by atoms with Crippen LogP contribution in [0.1, 0.15) is 37.5 Å². The number of nitrogens with one attached hydrogen (secondary N) is 1. The van der Waals surface area contributed by atoms with Crippen LogP contribution < -0.4 is 5.32 Å². The van der Waals surface area contributed by atoms with Gasteiger partial charge in [-0.1, -0.05) is 19.4 Å². The third kappa shape index (κ3) is 5.31. The number of aliphatic carboxylic acids is 1. The van der Waals surface area contributed by atoms with Crippen LogP contribution in [0, 0.1) is 0 Å². The molecule has 1 atom stereocenters. The van der Waals surface area contributed by atoms with E-state index in [-0.39, 0.29) is 5.91 Å². The summed E-state index contributed by atoms with van der Waals surface area (Å²) in [5, 5.41) is 13.5. The minimum absolute atomic E-state index is 0.174. The summed E-state index contributed by atoms with van der Waals surface area (Å²) >= 11 is 1.68. The van der Waals surface area contributed by atoms with Crippen LogP contribution >= 0.6 is 11.3 Å². The van der Waals surface area contributed by atoms with Gasteiger partial charge in [0.25, 0.3) is 0 Å². The number of rotatable bonds is 8. The van der Waals surface area contributed by atoms with Crippen LogP contribution in [0.4, 0.5) is 0 Å². The predicted octanol–water partition coefficient (Wildman–Crippen LogP) is 2.44. The monoisotopic (exact) mass is 269 g/mol. The van der Waals surface area contributed by atoms with Crippen molar-refractivity contribution in [1.82, 2.24) is 5.32 Å². The molecule has 1 amide bonds. The van der Waals surface area contributed by atoms with E-state index in [0.29, 0.717) is 12.8 Å². The van der Waals surface area contributed by atoms with Crippen molar-refractivity contribution in [2.45, 2.75) is 45.1 Å². The molecule has 0 radical (unpaired) electrons. The predicted molar refractivity (Wildman–Crippen MR) is 71.7 cm³/mol. The van der Waals surface area contributed by atoms with Gasteiger partial charge in [-0.15, -0.1) is 11.3 Å². The molecule has 4 nitrogen and oxygen atoms in total. The molecule has 1 rings (SSSR count). The molecule has 0 aromatic carbocycles. The van der Waals surface area contributed by atoms with Gasteiger partial charge in [-0.3, -0.25) is 4.79 Å². The molecule has 0 spiro atoms. The zero-order chi connectivity index (χ0) is 13.4. The SMILES string of the molecule is CCCC(NC(=O)CCCc1cccs1)C(=O)O. The van der Waals surface area contributed by atoms with Gasteiger partial charge in [0.2, 0.25) is 5.91 Å². The maximum atomic E-state index is 11.6. The molecule has 2 N–H and O–H groups in total. The van der Waals surface area contributed by atoms with Gasteiger partial charge in [0.05, 0.1) is 0 Å². The Labute approximate surface area is 111 Å². The van der Waals surface area contributed by atoms with Gasteiger partial charge in [0.1, 0.15) is 6.04 Å². The van der Waals surface area contributed by atoms with Gasteiger partial charge in [0, 0.05) is 11.3 Å². The first-order valence-electron chi connectivity index (χ1n) is 6.18. The van der Waals surface area contributed by atoms with Crippen LogP contribution in [0.15, 0.2) is 17.5 Å². The highest BCUT2D eigenvalue weighted by atomic mass is 32.1. The molecule has 0 bridgehead atoms. The maximum absolute atomic E-state index is 11.6. The van der Waals surface area contributed by atoms with E-state index in [1.165, 1.54) is 4.88 Å². The second-order valence-corrected chi connectivity index (χ2v) is 5.21. The average molecular weight is 269 g/mol. The largest absolute Gasteiger partial charge is 0.480 e. The fourth-order valence-electron chi connectivity index (χ4n) is 1.69. The number of carbonyl (C=O) groups excluding carboxylic acids is 1. The molecule has 0 aliphatic carbocycles. The first-order chi connectivity index (χ1) is 8.63. The zero-order valence-corrected chi connectivity index (χ0v) is 11.3. The van der Waals surface area contributed by atoms with E-state index in [0.717, 1.165) is 19.3 Å². The Bertz CT molecular complexity index is 376. The third-order valence-electron chi connectivity index (χ3n) is 2.62. The fourth-order valence-corrected chi connectivity index (χ4v) is 2.44. The molecule has 0 aliphatic heterocycles. The smallest absolute Gasteiger partial charge is 0.326 e. The Balaban J connectivity index is 2.25. The van der Waals surface area contributed by atoms with E-state index in [9.17, 15) is 9.59 Å². The van der Waals surface area contributed by atoms with Crippen molar-refractivity contribution in [3.8, 4) is 0 Å². The molecule has 5 heteroatoms. The molecule has 0 aliphatic rings. The van der Waals surface area contributed by atoms with Crippen molar-refractivity contribution in [3.63, 3.8) is 0 Å². The highest BCUT2D eigenvalue weighted by molar-refractivity contribution is 7.09. The normalized spacial score (nSPS) is 12.1. The lowest BCUT2D eigenvalue weighted by Crippen LogP contribution is -2.40. The molecule has 0 saturated carbocycles. The van der Waals surface area contributed by atoms with Gasteiger partial charge >= 0.3 is 5.97 Å². The molecule has 1 heterocycles. The Morgan fingerprint density at radius 3 is 2.83 bits per heavy atom. The first kappa shape index (κ1) is 14.7. The second kappa shape index (κ2) is 7.87. The summed E-state index contributed by atoms with van der Waals surface area (Å²) < 4.78 is 0. The molecule has 100 valence electrons. The number of carboxylic acid groups (broad SMARTS) is 1. The van der Waals surface area contributed by atoms with Crippen LogP contribution in [0.5, 0.6) is 0 Å². The minimum atomic E-state index is -0.955. The maximum Gasteiger partial charge on any atom is 0.326 e. The Morgan fingerprint density at radius 2 is 2.28 bits per heavy atom. The van der Waals surface area contributed by atoms with E-state index in [1.54, 1.807) is 11.3 Å². The van der Waals surface area contributed by atoms with Crippen molar-refractivity contribution in [2.24, 2.45) is 0 Å². The number of amides is 1. The van der Waals surface area contributed by atoms with Crippen molar-refractivity contribution in [3.05, 3.63) is 22.4 Å².